The molecule has 2 N–H and O–H groups in total. The van der Waals surface area contributed by atoms with Crippen molar-refractivity contribution in [2.24, 2.45) is 17.6 Å². The van der Waals surface area contributed by atoms with Crippen LogP contribution in [0.2, 0.25) is 0 Å². The standard InChI is InChI=1S/C18H34N2O/c1-14(2)15-5-4-9-18(13-19,10-8-15)20-11-12-21-17-7-3-6-16(17)20/h14-17H,3-13,19H2,1-2H3. The summed E-state index contributed by atoms with van der Waals surface area (Å²) in [4.78, 5) is 2.80. The molecule has 1 saturated heterocycles. The molecule has 0 amide bonds. The highest BCUT2D eigenvalue weighted by Crippen LogP contribution is 2.42. The Bertz CT molecular complexity index is 346. The second-order valence-corrected chi connectivity index (χ2v) is 7.96. The molecule has 3 rings (SSSR count). The van der Waals surface area contributed by atoms with Gasteiger partial charge in [0.15, 0.2) is 0 Å². The van der Waals surface area contributed by atoms with Crippen molar-refractivity contribution >= 4 is 0 Å². The minimum absolute atomic E-state index is 0.265. The molecule has 0 radical (unpaired) electrons. The quantitative estimate of drug-likeness (QED) is 0.813. The number of hydrogen-bond donors (Lipinski definition) is 1. The molecule has 3 aliphatic rings. The highest BCUT2D eigenvalue weighted by molar-refractivity contribution is 5.02. The number of fused-ring (bicyclic) bond motifs is 1. The fourth-order valence-corrected chi connectivity index (χ4v) is 5.21. The third kappa shape index (κ3) is 3.02. The molecule has 4 unspecified atom stereocenters. The minimum Gasteiger partial charge on any atom is -0.375 e. The number of ether oxygens (including phenoxy) is 1. The molecule has 1 heterocycles. The number of nitrogens with zero attached hydrogens (tertiary/aromatic N) is 1. The molecule has 2 saturated carbocycles. The van der Waals surface area contributed by atoms with E-state index in [0.29, 0.717) is 12.1 Å². The van der Waals surface area contributed by atoms with Crippen LogP contribution in [0.15, 0.2) is 0 Å². The van der Waals surface area contributed by atoms with Gasteiger partial charge in [-0.25, -0.2) is 0 Å². The topological polar surface area (TPSA) is 38.5 Å². The van der Waals surface area contributed by atoms with Gasteiger partial charge < -0.3 is 10.5 Å². The van der Waals surface area contributed by atoms with Gasteiger partial charge in [-0.15, -0.1) is 0 Å². The summed E-state index contributed by atoms with van der Waals surface area (Å²) in [5.41, 5.74) is 6.62. The maximum Gasteiger partial charge on any atom is 0.0731 e. The van der Waals surface area contributed by atoms with Crippen molar-refractivity contribution in [3.63, 3.8) is 0 Å². The fraction of sp³-hybridized carbons (Fsp3) is 1.00. The lowest BCUT2D eigenvalue weighted by Gasteiger charge is -2.50. The van der Waals surface area contributed by atoms with E-state index in [2.05, 4.69) is 18.7 Å². The smallest absolute Gasteiger partial charge is 0.0731 e. The summed E-state index contributed by atoms with van der Waals surface area (Å²) >= 11 is 0. The molecule has 0 aromatic carbocycles. The van der Waals surface area contributed by atoms with Crippen LogP contribution in [0.25, 0.3) is 0 Å². The lowest BCUT2D eigenvalue weighted by Crippen LogP contribution is -2.62. The van der Waals surface area contributed by atoms with Crippen LogP contribution < -0.4 is 5.73 Å². The van der Waals surface area contributed by atoms with Crippen molar-refractivity contribution in [1.82, 2.24) is 4.90 Å². The Balaban J connectivity index is 1.76. The average Bonchev–Trinajstić information content (AvgIpc) is 2.85. The molecule has 3 heteroatoms. The predicted octanol–water partition coefficient (Wildman–Crippen LogP) is 3.17. The molecule has 4 atom stereocenters. The zero-order valence-electron chi connectivity index (χ0n) is 14.0. The zero-order chi connectivity index (χ0) is 14.9. The molecule has 3 nitrogen and oxygen atoms in total. The number of hydrogen-bond acceptors (Lipinski definition) is 3. The van der Waals surface area contributed by atoms with E-state index in [-0.39, 0.29) is 5.54 Å². The summed E-state index contributed by atoms with van der Waals surface area (Å²) in [5.74, 6) is 1.72. The number of nitrogens with two attached hydrogens (primary N) is 1. The van der Waals surface area contributed by atoms with Crippen LogP contribution in [-0.4, -0.2) is 42.3 Å². The maximum atomic E-state index is 6.36. The Hall–Kier alpha value is -0.120. The molecule has 0 aromatic rings. The van der Waals surface area contributed by atoms with E-state index in [9.17, 15) is 0 Å². The van der Waals surface area contributed by atoms with Crippen LogP contribution >= 0.6 is 0 Å². The van der Waals surface area contributed by atoms with Gasteiger partial charge in [0.2, 0.25) is 0 Å². The Morgan fingerprint density at radius 2 is 2.00 bits per heavy atom. The first-order chi connectivity index (χ1) is 10.2. The Morgan fingerprint density at radius 1 is 1.14 bits per heavy atom. The Labute approximate surface area is 130 Å². The van der Waals surface area contributed by atoms with Crippen LogP contribution in [0.4, 0.5) is 0 Å². The van der Waals surface area contributed by atoms with Crippen molar-refractivity contribution in [2.75, 3.05) is 19.7 Å². The van der Waals surface area contributed by atoms with E-state index in [1.807, 2.05) is 0 Å². The summed E-state index contributed by atoms with van der Waals surface area (Å²) in [6.45, 7) is 7.63. The SMILES string of the molecule is CC(C)C1CCCC(CN)(N2CCOC3CCCC32)CC1. The van der Waals surface area contributed by atoms with Gasteiger partial charge in [-0.2, -0.15) is 0 Å². The minimum atomic E-state index is 0.265. The monoisotopic (exact) mass is 294 g/mol. The predicted molar refractivity (Wildman–Crippen MR) is 87.3 cm³/mol. The van der Waals surface area contributed by atoms with Crippen molar-refractivity contribution in [2.45, 2.75) is 82.9 Å². The van der Waals surface area contributed by atoms with Crippen LogP contribution in [0, 0.1) is 11.8 Å². The number of morpholine rings is 1. The first-order valence-corrected chi connectivity index (χ1v) is 9.25. The zero-order valence-corrected chi connectivity index (χ0v) is 14.0. The van der Waals surface area contributed by atoms with Crippen LogP contribution in [0.5, 0.6) is 0 Å². The van der Waals surface area contributed by atoms with Gasteiger partial charge in [0.05, 0.1) is 12.7 Å². The van der Waals surface area contributed by atoms with Crippen molar-refractivity contribution in [3.05, 3.63) is 0 Å². The van der Waals surface area contributed by atoms with Gasteiger partial charge in [0.1, 0.15) is 0 Å². The second kappa shape index (κ2) is 6.55. The average molecular weight is 294 g/mol. The van der Waals surface area contributed by atoms with Crippen molar-refractivity contribution < 1.29 is 4.74 Å². The van der Waals surface area contributed by atoms with Gasteiger partial charge in [-0.05, 0) is 50.4 Å². The van der Waals surface area contributed by atoms with Crippen LogP contribution in [0.3, 0.4) is 0 Å². The first-order valence-electron chi connectivity index (χ1n) is 9.25. The van der Waals surface area contributed by atoms with Crippen molar-refractivity contribution in [3.8, 4) is 0 Å². The van der Waals surface area contributed by atoms with E-state index in [1.165, 1.54) is 51.4 Å². The van der Waals surface area contributed by atoms with E-state index >= 15 is 0 Å². The normalized spacial score (nSPS) is 42.0. The van der Waals surface area contributed by atoms with Gasteiger partial charge in [0.25, 0.3) is 0 Å². The summed E-state index contributed by atoms with van der Waals surface area (Å²) in [6, 6.07) is 0.651. The molecule has 21 heavy (non-hydrogen) atoms. The van der Waals surface area contributed by atoms with Gasteiger partial charge in [0, 0.05) is 24.7 Å². The maximum absolute atomic E-state index is 6.36. The molecule has 0 bridgehead atoms. The van der Waals surface area contributed by atoms with Crippen molar-refractivity contribution in [1.29, 1.82) is 0 Å². The van der Waals surface area contributed by atoms with Gasteiger partial charge in [-0.1, -0.05) is 26.7 Å². The van der Waals surface area contributed by atoms with E-state index in [0.717, 1.165) is 31.5 Å². The Kier molecular flexibility index (Phi) is 4.92. The molecule has 3 fully saturated rings. The molecule has 2 aliphatic carbocycles. The highest BCUT2D eigenvalue weighted by Gasteiger charge is 2.46. The fourth-order valence-electron chi connectivity index (χ4n) is 5.21. The Morgan fingerprint density at radius 3 is 2.76 bits per heavy atom. The van der Waals surface area contributed by atoms with Crippen LogP contribution in [0.1, 0.15) is 65.2 Å². The van der Waals surface area contributed by atoms with E-state index in [1.54, 1.807) is 0 Å². The molecule has 122 valence electrons. The summed E-state index contributed by atoms with van der Waals surface area (Å²) < 4.78 is 6.02. The number of rotatable bonds is 3. The largest absolute Gasteiger partial charge is 0.375 e. The van der Waals surface area contributed by atoms with E-state index < -0.39 is 0 Å². The molecular weight excluding hydrogens is 260 g/mol. The van der Waals surface area contributed by atoms with Crippen LogP contribution in [-0.2, 0) is 4.74 Å². The first kappa shape index (κ1) is 15.8. The lowest BCUT2D eigenvalue weighted by atomic mass is 9.84. The molecule has 0 spiro atoms. The van der Waals surface area contributed by atoms with Gasteiger partial charge >= 0.3 is 0 Å². The summed E-state index contributed by atoms with van der Waals surface area (Å²) in [6.07, 6.45) is 11.1. The molecule has 0 aromatic heterocycles. The van der Waals surface area contributed by atoms with Gasteiger partial charge in [-0.3, -0.25) is 4.90 Å². The lowest BCUT2D eigenvalue weighted by molar-refractivity contribution is -0.101. The third-order valence-electron chi connectivity index (χ3n) is 6.61. The highest BCUT2D eigenvalue weighted by atomic mass is 16.5. The molecular formula is C18H34N2O. The van der Waals surface area contributed by atoms with E-state index in [4.69, 9.17) is 10.5 Å². The third-order valence-corrected chi connectivity index (χ3v) is 6.61. The summed E-state index contributed by atoms with van der Waals surface area (Å²) in [5, 5.41) is 0. The second-order valence-electron chi connectivity index (χ2n) is 7.96. The molecule has 1 aliphatic heterocycles. The summed E-state index contributed by atoms with van der Waals surface area (Å²) in [7, 11) is 0.